The molecule has 0 unspecified atom stereocenters. The number of nitrogens with one attached hydrogen (secondary N) is 1. The lowest BCUT2D eigenvalue weighted by Gasteiger charge is -2.11. The molecule has 0 aliphatic heterocycles. The average Bonchev–Trinajstić information content (AvgIpc) is 2.30. The first-order valence-electron chi connectivity index (χ1n) is 5.51. The molecule has 0 saturated heterocycles. The molecule has 1 aromatic rings. The van der Waals surface area contributed by atoms with Gasteiger partial charge in [0.15, 0.2) is 0 Å². The van der Waals surface area contributed by atoms with Crippen LogP contribution in [0.2, 0.25) is 0 Å². The molecule has 0 amide bonds. The number of methoxy groups -OCH3 is 1. The number of nitrogen functional groups attached to an aromatic ring is 1. The van der Waals surface area contributed by atoms with Gasteiger partial charge in [0.25, 0.3) is 0 Å². The zero-order valence-electron chi connectivity index (χ0n) is 9.90. The van der Waals surface area contributed by atoms with Gasteiger partial charge in [-0.2, -0.15) is 0 Å². The lowest BCUT2D eigenvalue weighted by molar-refractivity contribution is 0.0698. The van der Waals surface area contributed by atoms with E-state index in [2.05, 4.69) is 5.32 Å². The van der Waals surface area contributed by atoms with E-state index in [0.717, 1.165) is 12.8 Å². The van der Waals surface area contributed by atoms with E-state index in [1.807, 2.05) is 0 Å². The highest BCUT2D eigenvalue weighted by molar-refractivity contribution is 5.97. The minimum Gasteiger partial charge on any atom is -0.478 e. The minimum atomic E-state index is -0.975. The summed E-state index contributed by atoms with van der Waals surface area (Å²) in [6, 6.07) is 4.86. The highest BCUT2D eigenvalue weighted by Crippen LogP contribution is 2.23. The second kappa shape index (κ2) is 6.75. The number of benzene rings is 1. The molecule has 0 spiro atoms. The van der Waals surface area contributed by atoms with E-state index in [1.54, 1.807) is 19.2 Å². The fourth-order valence-corrected chi connectivity index (χ4v) is 1.53. The van der Waals surface area contributed by atoms with E-state index in [1.165, 1.54) is 6.07 Å². The van der Waals surface area contributed by atoms with Gasteiger partial charge in [-0.25, -0.2) is 4.79 Å². The molecule has 0 fully saturated rings. The predicted molar refractivity (Wildman–Crippen MR) is 67.4 cm³/mol. The van der Waals surface area contributed by atoms with Gasteiger partial charge < -0.3 is 20.9 Å². The average molecular weight is 238 g/mol. The first-order valence-corrected chi connectivity index (χ1v) is 5.51. The van der Waals surface area contributed by atoms with Crippen molar-refractivity contribution in [2.24, 2.45) is 0 Å². The highest BCUT2D eigenvalue weighted by atomic mass is 16.5. The van der Waals surface area contributed by atoms with Crippen molar-refractivity contribution >= 4 is 17.3 Å². The topological polar surface area (TPSA) is 84.6 Å². The zero-order chi connectivity index (χ0) is 12.7. The molecular formula is C12H18N2O3. The molecule has 5 heteroatoms. The van der Waals surface area contributed by atoms with Crippen molar-refractivity contribution in [3.05, 3.63) is 23.8 Å². The number of carboxylic acids is 1. The number of anilines is 2. The van der Waals surface area contributed by atoms with Crippen molar-refractivity contribution in [1.29, 1.82) is 0 Å². The normalized spacial score (nSPS) is 10.2. The van der Waals surface area contributed by atoms with Crippen LogP contribution in [-0.2, 0) is 4.74 Å². The summed E-state index contributed by atoms with van der Waals surface area (Å²) >= 11 is 0. The van der Waals surface area contributed by atoms with Crippen molar-refractivity contribution in [2.75, 3.05) is 31.3 Å². The largest absolute Gasteiger partial charge is 0.478 e. The number of carbonyl (C=O) groups is 1. The van der Waals surface area contributed by atoms with Crippen molar-refractivity contribution < 1.29 is 14.6 Å². The summed E-state index contributed by atoms with van der Waals surface area (Å²) in [5.74, 6) is -0.975. The number of hydrogen-bond acceptors (Lipinski definition) is 4. The fourth-order valence-electron chi connectivity index (χ4n) is 1.53. The van der Waals surface area contributed by atoms with Gasteiger partial charge in [0.2, 0.25) is 0 Å². The number of aromatic carboxylic acids is 1. The van der Waals surface area contributed by atoms with Gasteiger partial charge in [-0.3, -0.25) is 0 Å². The Kier molecular flexibility index (Phi) is 5.29. The summed E-state index contributed by atoms with van der Waals surface area (Å²) in [5.41, 5.74) is 6.91. The van der Waals surface area contributed by atoms with Crippen LogP contribution in [0.15, 0.2) is 18.2 Å². The van der Waals surface area contributed by atoms with Gasteiger partial charge in [0, 0.05) is 20.3 Å². The Labute approximate surface area is 101 Å². The summed E-state index contributed by atoms with van der Waals surface area (Å²) in [4.78, 5) is 11.0. The van der Waals surface area contributed by atoms with E-state index < -0.39 is 5.97 Å². The van der Waals surface area contributed by atoms with Crippen molar-refractivity contribution in [3.8, 4) is 0 Å². The molecule has 1 rings (SSSR count). The van der Waals surface area contributed by atoms with Crippen LogP contribution < -0.4 is 11.1 Å². The van der Waals surface area contributed by atoms with Crippen LogP contribution in [-0.4, -0.2) is 31.3 Å². The third kappa shape index (κ3) is 3.96. The number of para-hydroxylation sites is 1. The first kappa shape index (κ1) is 13.3. The Morgan fingerprint density at radius 1 is 1.47 bits per heavy atom. The van der Waals surface area contributed by atoms with Crippen molar-refractivity contribution in [1.82, 2.24) is 0 Å². The van der Waals surface area contributed by atoms with Gasteiger partial charge in [-0.1, -0.05) is 6.07 Å². The molecule has 0 saturated carbocycles. The molecule has 4 N–H and O–H groups in total. The Hall–Kier alpha value is -1.75. The number of carboxylic acid groups (broad SMARTS) is 1. The van der Waals surface area contributed by atoms with E-state index in [-0.39, 0.29) is 5.56 Å². The smallest absolute Gasteiger partial charge is 0.337 e. The lowest BCUT2D eigenvalue weighted by atomic mass is 10.1. The second-order valence-corrected chi connectivity index (χ2v) is 3.70. The highest BCUT2D eigenvalue weighted by Gasteiger charge is 2.11. The van der Waals surface area contributed by atoms with Gasteiger partial charge in [-0.15, -0.1) is 0 Å². The molecular weight excluding hydrogens is 220 g/mol. The molecule has 0 atom stereocenters. The summed E-state index contributed by atoms with van der Waals surface area (Å²) in [7, 11) is 1.66. The monoisotopic (exact) mass is 238 g/mol. The van der Waals surface area contributed by atoms with Gasteiger partial charge >= 0.3 is 5.97 Å². The van der Waals surface area contributed by atoms with E-state index in [0.29, 0.717) is 24.5 Å². The van der Waals surface area contributed by atoms with Crippen LogP contribution in [0, 0.1) is 0 Å². The molecule has 94 valence electrons. The number of nitrogens with two attached hydrogens (primary N) is 1. The maximum Gasteiger partial charge on any atom is 0.337 e. The Balaban J connectivity index is 2.60. The molecule has 1 aromatic carbocycles. The summed E-state index contributed by atoms with van der Waals surface area (Å²) in [6.07, 6.45) is 1.83. The summed E-state index contributed by atoms with van der Waals surface area (Å²) in [5, 5.41) is 12.1. The molecule has 0 aliphatic carbocycles. The number of rotatable bonds is 7. The molecule has 0 bridgehead atoms. The van der Waals surface area contributed by atoms with Gasteiger partial charge in [0.05, 0.1) is 16.9 Å². The van der Waals surface area contributed by atoms with Crippen LogP contribution in [0.25, 0.3) is 0 Å². The fraction of sp³-hybridized carbons (Fsp3) is 0.417. The van der Waals surface area contributed by atoms with Crippen molar-refractivity contribution in [2.45, 2.75) is 12.8 Å². The quantitative estimate of drug-likeness (QED) is 0.498. The standard InChI is InChI=1S/C12H18N2O3/c1-17-8-3-2-7-14-11-9(12(15)16)5-4-6-10(11)13/h4-6,14H,2-3,7-8,13H2,1H3,(H,15,16). The minimum absolute atomic E-state index is 0.205. The maximum atomic E-state index is 11.0. The summed E-state index contributed by atoms with van der Waals surface area (Å²) in [6.45, 7) is 1.38. The molecule has 0 radical (unpaired) electrons. The van der Waals surface area contributed by atoms with Gasteiger partial charge in [0.1, 0.15) is 0 Å². The number of unbranched alkanes of at least 4 members (excludes halogenated alkanes) is 1. The third-order valence-electron chi connectivity index (χ3n) is 2.40. The van der Waals surface area contributed by atoms with E-state index in [4.69, 9.17) is 15.6 Å². The molecule has 0 aromatic heterocycles. The first-order chi connectivity index (χ1) is 8.16. The Morgan fingerprint density at radius 2 is 2.24 bits per heavy atom. The SMILES string of the molecule is COCCCCNc1c(N)cccc1C(=O)O. The zero-order valence-corrected chi connectivity index (χ0v) is 9.90. The number of ether oxygens (including phenoxy) is 1. The molecule has 5 nitrogen and oxygen atoms in total. The van der Waals surface area contributed by atoms with Gasteiger partial charge in [-0.05, 0) is 25.0 Å². The third-order valence-corrected chi connectivity index (χ3v) is 2.40. The van der Waals surface area contributed by atoms with Crippen molar-refractivity contribution in [3.63, 3.8) is 0 Å². The van der Waals surface area contributed by atoms with Crippen LogP contribution in [0.3, 0.4) is 0 Å². The summed E-state index contributed by atoms with van der Waals surface area (Å²) < 4.78 is 4.93. The Morgan fingerprint density at radius 3 is 2.88 bits per heavy atom. The van der Waals surface area contributed by atoms with Crippen LogP contribution >= 0.6 is 0 Å². The maximum absolute atomic E-state index is 11.0. The molecule has 0 aliphatic rings. The van der Waals surface area contributed by atoms with E-state index in [9.17, 15) is 4.79 Å². The molecule has 17 heavy (non-hydrogen) atoms. The number of hydrogen-bond donors (Lipinski definition) is 3. The van der Waals surface area contributed by atoms with Crippen LogP contribution in [0.1, 0.15) is 23.2 Å². The second-order valence-electron chi connectivity index (χ2n) is 3.70. The van der Waals surface area contributed by atoms with Crippen LogP contribution in [0.4, 0.5) is 11.4 Å². The van der Waals surface area contributed by atoms with Crippen LogP contribution in [0.5, 0.6) is 0 Å². The Bertz CT molecular complexity index is 380. The predicted octanol–water partition coefficient (Wildman–Crippen LogP) is 1.81. The lowest BCUT2D eigenvalue weighted by Crippen LogP contribution is -2.10. The van der Waals surface area contributed by atoms with E-state index >= 15 is 0 Å². The molecule has 0 heterocycles.